The number of nitrogens with zero attached hydrogens (tertiary/aromatic N) is 2. The fraction of sp³-hybridized carbons (Fsp3) is 0.615. The monoisotopic (exact) mass is 235 g/mol. The summed E-state index contributed by atoms with van der Waals surface area (Å²) < 4.78 is 0. The Morgan fingerprint density at radius 3 is 3.06 bits per heavy atom. The number of nitrogens with one attached hydrogen (secondary N) is 1. The van der Waals surface area contributed by atoms with Gasteiger partial charge in [-0.1, -0.05) is 6.92 Å². The summed E-state index contributed by atoms with van der Waals surface area (Å²) in [7, 11) is 0. The predicted molar refractivity (Wildman–Crippen MR) is 70.4 cm³/mol. The molecule has 94 valence electrons. The first-order chi connectivity index (χ1) is 8.20. The molecule has 17 heavy (non-hydrogen) atoms. The minimum Gasteiger partial charge on any atom is -0.393 e. The zero-order valence-corrected chi connectivity index (χ0v) is 10.6. The van der Waals surface area contributed by atoms with Gasteiger partial charge in [-0.2, -0.15) is 0 Å². The number of aromatic nitrogens is 1. The third-order valence-corrected chi connectivity index (χ3v) is 3.33. The number of pyridine rings is 1. The zero-order chi connectivity index (χ0) is 12.3. The van der Waals surface area contributed by atoms with E-state index in [1.807, 2.05) is 12.4 Å². The molecule has 2 rings (SSSR count). The Morgan fingerprint density at radius 1 is 1.53 bits per heavy atom. The molecular formula is C13H21N3O. The minimum absolute atomic E-state index is 0.156. The van der Waals surface area contributed by atoms with E-state index in [0.717, 1.165) is 37.4 Å². The van der Waals surface area contributed by atoms with Gasteiger partial charge in [0.05, 0.1) is 29.9 Å². The van der Waals surface area contributed by atoms with Crippen LogP contribution in [-0.2, 0) is 0 Å². The summed E-state index contributed by atoms with van der Waals surface area (Å²) in [6, 6.07) is 2.13. The molecular weight excluding hydrogens is 214 g/mol. The average Bonchev–Trinajstić information content (AvgIpc) is 2.33. The van der Waals surface area contributed by atoms with Gasteiger partial charge in [-0.15, -0.1) is 0 Å². The molecule has 1 aromatic rings. The van der Waals surface area contributed by atoms with E-state index < -0.39 is 0 Å². The van der Waals surface area contributed by atoms with E-state index >= 15 is 0 Å². The second-order valence-electron chi connectivity index (χ2n) is 4.74. The van der Waals surface area contributed by atoms with E-state index in [-0.39, 0.29) is 6.10 Å². The van der Waals surface area contributed by atoms with Gasteiger partial charge in [0.25, 0.3) is 0 Å². The summed E-state index contributed by atoms with van der Waals surface area (Å²) in [5.41, 5.74) is 2.20. The smallest absolute Gasteiger partial charge is 0.0599 e. The Morgan fingerprint density at radius 2 is 2.35 bits per heavy atom. The van der Waals surface area contributed by atoms with Crippen LogP contribution in [0.25, 0.3) is 0 Å². The summed E-state index contributed by atoms with van der Waals surface area (Å²) in [4.78, 5) is 6.55. The molecule has 0 spiro atoms. The van der Waals surface area contributed by atoms with E-state index in [1.54, 1.807) is 0 Å². The second-order valence-corrected chi connectivity index (χ2v) is 4.74. The van der Waals surface area contributed by atoms with Crippen molar-refractivity contribution in [2.45, 2.75) is 26.4 Å². The fourth-order valence-electron chi connectivity index (χ4n) is 2.27. The highest BCUT2D eigenvalue weighted by Gasteiger charge is 2.24. The van der Waals surface area contributed by atoms with Crippen LogP contribution >= 0.6 is 0 Å². The summed E-state index contributed by atoms with van der Waals surface area (Å²) in [6.07, 6.45) is 4.42. The van der Waals surface area contributed by atoms with E-state index in [1.165, 1.54) is 0 Å². The third-order valence-electron chi connectivity index (χ3n) is 3.33. The minimum atomic E-state index is -0.156. The van der Waals surface area contributed by atoms with Crippen molar-refractivity contribution in [2.75, 3.05) is 29.9 Å². The van der Waals surface area contributed by atoms with Crippen molar-refractivity contribution in [3.05, 3.63) is 18.5 Å². The molecule has 1 fully saturated rings. The standard InChI is InChI=1S/C13H21N3O/c1-3-15-11-6-12(8-14-7-11)16-5-4-13(17)10(2)9-16/h6-8,10,13,15,17H,3-5,9H2,1-2H3. The second kappa shape index (κ2) is 5.36. The molecule has 4 heteroatoms. The molecule has 0 aliphatic carbocycles. The normalized spacial score (nSPS) is 24.8. The van der Waals surface area contributed by atoms with Gasteiger partial charge in [-0.05, 0) is 25.3 Å². The predicted octanol–water partition coefficient (Wildman–Crippen LogP) is 1.72. The van der Waals surface area contributed by atoms with Gasteiger partial charge in [0.15, 0.2) is 0 Å². The molecule has 0 aromatic carbocycles. The first-order valence-corrected chi connectivity index (χ1v) is 6.32. The zero-order valence-electron chi connectivity index (χ0n) is 10.6. The van der Waals surface area contributed by atoms with Gasteiger partial charge in [0, 0.05) is 19.6 Å². The Kier molecular flexibility index (Phi) is 3.84. The van der Waals surface area contributed by atoms with Crippen molar-refractivity contribution >= 4 is 11.4 Å². The highest BCUT2D eigenvalue weighted by molar-refractivity contribution is 5.55. The summed E-state index contributed by atoms with van der Waals surface area (Å²) in [5, 5.41) is 13.0. The third kappa shape index (κ3) is 2.88. The van der Waals surface area contributed by atoms with Crippen molar-refractivity contribution in [3.8, 4) is 0 Å². The maximum Gasteiger partial charge on any atom is 0.0599 e. The van der Waals surface area contributed by atoms with Gasteiger partial charge < -0.3 is 15.3 Å². The summed E-state index contributed by atoms with van der Waals surface area (Å²) in [6.45, 7) is 6.88. The molecule has 0 saturated carbocycles. The lowest BCUT2D eigenvalue weighted by Crippen LogP contribution is -2.42. The maximum absolute atomic E-state index is 9.73. The number of hydrogen-bond acceptors (Lipinski definition) is 4. The molecule has 1 saturated heterocycles. The van der Waals surface area contributed by atoms with E-state index in [2.05, 4.69) is 35.1 Å². The van der Waals surface area contributed by atoms with Crippen LogP contribution in [0.15, 0.2) is 18.5 Å². The number of anilines is 2. The lowest BCUT2D eigenvalue weighted by Gasteiger charge is -2.35. The molecule has 1 aromatic heterocycles. The number of rotatable bonds is 3. The van der Waals surface area contributed by atoms with Crippen LogP contribution in [0.3, 0.4) is 0 Å². The van der Waals surface area contributed by atoms with Crippen LogP contribution in [0, 0.1) is 5.92 Å². The number of aliphatic hydroxyl groups excluding tert-OH is 1. The largest absolute Gasteiger partial charge is 0.393 e. The quantitative estimate of drug-likeness (QED) is 0.837. The van der Waals surface area contributed by atoms with Gasteiger partial charge in [0.2, 0.25) is 0 Å². The van der Waals surface area contributed by atoms with Crippen molar-refractivity contribution in [1.82, 2.24) is 4.98 Å². The molecule has 2 heterocycles. The van der Waals surface area contributed by atoms with Crippen molar-refractivity contribution in [3.63, 3.8) is 0 Å². The average molecular weight is 235 g/mol. The Hall–Kier alpha value is -1.29. The summed E-state index contributed by atoms with van der Waals surface area (Å²) in [5.74, 6) is 0.326. The summed E-state index contributed by atoms with van der Waals surface area (Å²) >= 11 is 0. The van der Waals surface area contributed by atoms with Crippen molar-refractivity contribution < 1.29 is 5.11 Å². The lowest BCUT2D eigenvalue weighted by atomic mass is 9.96. The maximum atomic E-state index is 9.73. The van der Waals surface area contributed by atoms with Gasteiger partial charge in [0.1, 0.15) is 0 Å². The molecule has 0 bridgehead atoms. The van der Waals surface area contributed by atoms with E-state index in [0.29, 0.717) is 5.92 Å². The number of aliphatic hydroxyl groups is 1. The number of hydrogen-bond donors (Lipinski definition) is 2. The van der Waals surface area contributed by atoms with E-state index in [9.17, 15) is 5.11 Å². The van der Waals surface area contributed by atoms with Crippen LogP contribution in [0.5, 0.6) is 0 Å². The van der Waals surface area contributed by atoms with Crippen LogP contribution in [0.1, 0.15) is 20.3 Å². The van der Waals surface area contributed by atoms with Gasteiger partial charge >= 0.3 is 0 Å². The molecule has 0 amide bonds. The highest BCUT2D eigenvalue weighted by atomic mass is 16.3. The van der Waals surface area contributed by atoms with Crippen LogP contribution < -0.4 is 10.2 Å². The fourth-order valence-corrected chi connectivity index (χ4v) is 2.27. The van der Waals surface area contributed by atoms with Crippen LogP contribution in [0.2, 0.25) is 0 Å². The first-order valence-electron chi connectivity index (χ1n) is 6.32. The van der Waals surface area contributed by atoms with Crippen molar-refractivity contribution in [2.24, 2.45) is 5.92 Å². The first kappa shape index (κ1) is 12.2. The van der Waals surface area contributed by atoms with Crippen molar-refractivity contribution in [1.29, 1.82) is 0 Å². The molecule has 1 aliphatic heterocycles. The van der Waals surface area contributed by atoms with Crippen LogP contribution in [0.4, 0.5) is 11.4 Å². The molecule has 4 nitrogen and oxygen atoms in total. The SMILES string of the molecule is CCNc1cncc(N2CCC(O)C(C)C2)c1. The topological polar surface area (TPSA) is 48.4 Å². The highest BCUT2D eigenvalue weighted by Crippen LogP contribution is 2.24. The Labute approximate surface area is 103 Å². The van der Waals surface area contributed by atoms with Crippen LogP contribution in [-0.4, -0.2) is 35.8 Å². The molecule has 1 aliphatic rings. The Bertz CT molecular complexity index is 369. The molecule has 2 atom stereocenters. The Balaban J connectivity index is 2.09. The lowest BCUT2D eigenvalue weighted by molar-refractivity contribution is 0.0971. The number of piperidine rings is 1. The molecule has 0 radical (unpaired) electrons. The van der Waals surface area contributed by atoms with Gasteiger partial charge in [-0.25, -0.2) is 0 Å². The molecule has 2 N–H and O–H groups in total. The molecule has 2 unspecified atom stereocenters. The van der Waals surface area contributed by atoms with E-state index in [4.69, 9.17) is 0 Å². The van der Waals surface area contributed by atoms with Gasteiger partial charge in [-0.3, -0.25) is 4.98 Å².